The van der Waals surface area contributed by atoms with Gasteiger partial charge in [0.1, 0.15) is 0 Å². The lowest BCUT2D eigenvalue weighted by molar-refractivity contribution is -0.115. The fraction of sp³-hybridized carbons (Fsp3) is 0.833. The van der Waals surface area contributed by atoms with Crippen LogP contribution in [0.4, 0.5) is 0 Å². The van der Waals surface area contributed by atoms with Gasteiger partial charge in [-0.05, 0) is 0 Å². The van der Waals surface area contributed by atoms with Crippen LogP contribution in [0.15, 0.2) is 4.36 Å². The van der Waals surface area contributed by atoms with Gasteiger partial charge < -0.3 is 5.32 Å². The number of carbonyl (C=O) groups excluding carboxylic acids is 1. The minimum atomic E-state index is -2.18. The van der Waals surface area contributed by atoms with E-state index in [9.17, 15) is 9.00 Å². The number of hydrogen-bond donors (Lipinski definition) is 1. The molecule has 5 heteroatoms. The van der Waals surface area contributed by atoms with Crippen molar-refractivity contribution < 1.29 is 9.00 Å². The smallest absolute Gasteiger partial charge is 0.250 e. The topological polar surface area (TPSA) is 58.5 Å². The normalized spacial score (nSPS) is 22.6. The molecule has 0 atom stereocenters. The van der Waals surface area contributed by atoms with Crippen molar-refractivity contribution in [3.05, 3.63) is 0 Å². The second kappa shape index (κ2) is 3.32. The Morgan fingerprint density at radius 3 is 2.45 bits per heavy atom. The van der Waals surface area contributed by atoms with E-state index in [1.54, 1.807) is 0 Å². The molecule has 0 spiro atoms. The van der Waals surface area contributed by atoms with Crippen LogP contribution < -0.4 is 5.32 Å². The van der Waals surface area contributed by atoms with Crippen molar-refractivity contribution in [1.29, 1.82) is 0 Å². The molecule has 0 radical (unpaired) electrons. The zero-order chi connectivity index (χ0) is 8.32. The number of hydrogen-bond acceptors (Lipinski definition) is 3. The van der Waals surface area contributed by atoms with E-state index in [2.05, 4.69) is 9.68 Å². The molecule has 0 unspecified atom stereocenters. The van der Waals surface area contributed by atoms with Gasteiger partial charge in [-0.1, -0.05) is 0 Å². The van der Waals surface area contributed by atoms with Crippen LogP contribution in [0.3, 0.4) is 0 Å². The van der Waals surface area contributed by atoms with Gasteiger partial charge in [-0.2, -0.15) is 4.36 Å². The molecule has 1 amide bonds. The van der Waals surface area contributed by atoms with Gasteiger partial charge in [0.2, 0.25) is 0 Å². The SMILES string of the molecule is CC(=O)N=S1(=O)CCNCC1. The molecule has 1 heterocycles. The maximum Gasteiger partial charge on any atom is 0.250 e. The number of rotatable bonds is 0. The van der Waals surface area contributed by atoms with Gasteiger partial charge in [-0.3, -0.25) is 4.79 Å². The third-order valence-electron chi connectivity index (χ3n) is 1.49. The summed E-state index contributed by atoms with van der Waals surface area (Å²) in [5.74, 6) is 0.691. The van der Waals surface area contributed by atoms with Crippen LogP contribution >= 0.6 is 0 Å². The Labute approximate surface area is 66.5 Å². The van der Waals surface area contributed by atoms with E-state index in [1.807, 2.05) is 0 Å². The minimum Gasteiger partial charge on any atom is -0.315 e. The molecule has 0 aliphatic carbocycles. The highest BCUT2D eigenvalue weighted by atomic mass is 32.2. The summed E-state index contributed by atoms with van der Waals surface area (Å²) in [4.78, 5) is 10.6. The Morgan fingerprint density at radius 1 is 1.45 bits per heavy atom. The van der Waals surface area contributed by atoms with Crippen molar-refractivity contribution >= 4 is 15.6 Å². The molecule has 4 nitrogen and oxygen atoms in total. The second-order valence-electron chi connectivity index (χ2n) is 2.54. The summed E-state index contributed by atoms with van der Waals surface area (Å²) in [5, 5.41) is 3.06. The molecule has 1 rings (SSSR count). The molecule has 1 fully saturated rings. The van der Waals surface area contributed by atoms with Crippen molar-refractivity contribution in [2.45, 2.75) is 6.92 Å². The molecule has 11 heavy (non-hydrogen) atoms. The van der Waals surface area contributed by atoms with Gasteiger partial charge in [0.15, 0.2) is 0 Å². The lowest BCUT2D eigenvalue weighted by Gasteiger charge is -2.15. The first-order chi connectivity index (χ1) is 5.12. The van der Waals surface area contributed by atoms with Gasteiger partial charge in [0, 0.05) is 31.5 Å². The van der Waals surface area contributed by atoms with E-state index in [4.69, 9.17) is 0 Å². The summed E-state index contributed by atoms with van der Waals surface area (Å²) < 4.78 is 15.2. The molecule has 0 aromatic rings. The van der Waals surface area contributed by atoms with Crippen molar-refractivity contribution in [2.75, 3.05) is 24.6 Å². The fourth-order valence-electron chi connectivity index (χ4n) is 1.02. The van der Waals surface area contributed by atoms with E-state index in [0.717, 1.165) is 0 Å². The predicted molar refractivity (Wildman–Crippen MR) is 43.9 cm³/mol. The average Bonchev–Trinajstić information content (AvgIpc) is 1.85. The van der Waals surface area contributed by atoms with Crippen LogP contribution in [0.25, 0.3) is 0 Å². The van der Waals surface area contributed by atoms with Crippen LogP contribution in [-0.2, 0) is 14.5 Å². The third kappa shape index (κ3) is 2.59. The Morgan fingerprint density at radius 2 is 2.00 bits per heavy atom. The lowest BCUT2D eigenvalue weighted by atomic mass is 10.6. The van der Waals surface area contributed by atoms with Crippen molar-refractivity contribution in [3.8, 4) is 0 Å². The van der Waals surface area contributed by atoms with Gasteiger partial charge in [-0.15, -0.1) is 0 Å². The highest BCUT2D eigenvalue weighted by Crippen LogP contribution is 1.99. The molecule has 1 aliphatic heterocycles. The maximum absolute atomic E-state index is 11.6. The first-order valence-electron chi connectivity index (χ1n) is 3.56. The van der Waals surface area contributed by atoms with Gasteiger partial charge in [0.25, 0.3) is 5.91 Å². The highest BCUT2D eigenvalue weighted by molar-refractivity contribution is 7.94. The maximum atomic E-state index is 11.6. The summed E-state index contributed by atoms with van der Waals surface area (Å²) in [6.45, 7) is 2.75. The third-order valence-corrected chi connectivity index (χ3v) is 3.76. The van der Waals surface area contributed by atoms with Crippen LogP contribution in [0.2, 0.25) is 0 Å². The molecule has 0 aromatic heterocycles. The van der Waals surface area contributed by atoms with Crippen LogP contribution in [0.5, 0.6) is 0 Å². The summed E-state index contributed by atoms with van der Waals surface area (Å²) >= 11 is 0. The Kier molecular flexibility index (Phi) is 2.62. The second-order valence-corrected chi connectivity index (χ2v) is 5.09. The Bertz CT molecular complexity index is 254. The molecule has 1 saturated heterocycles. The quantitative estimate of drug-likeness (QED) is 0.546. The predicted octanol–water partition coefficient (Wildman–Crippen LogP) is -0.396. The van der Waals surface area contributed by atoms with E-state index in [1.165, 1.54) is 6.92 Å². The highest BCUT2D eigenvalue weighted by Gasteiger charge is 2.13. The molecular weight excluding hydrogens is 164 g/mol. The molecule has 0 saturated carbocycles. The standard InChI is InChI=1S/C6H12N2O2S/c1-6(9)8-11(10)4-2-7-3-5-11/h7H,2-5H2,1H3. The van der Waals surface area contributed by atoms with Crippen LogP contribution in [0, 0.1) is 0 Å². The van der Waals surface area contributed by atoms with Crippen molar-refractivity contribution in [3.63, 3.8) is 0 Å². The number of amides is 1. The van der Waals surface area contributed by atoms with Crippen molar-refractivity contribution in [2.24, 2.45) is 4.36 Å². The van der Waals surface area contributed by atoms with E-state index < -0.39 is 9.73 Å². The minimum absolute atomic E-state index is 0.322. The largest absolute Gasteiger partial charge is 0.315 e. The lowest BCUT2D eigenvalue weighted by Crippen LogP contribution is -2.36. The fourth-order valence-corrected chi connectivity index (χ4v) is 2.80. The zero-order valence-electron chi connectivity index (χ0n) is 6.50. The zero-order valence-corrected chi connectivity index (χ0v) is 7.32. The van der Waals surface area contributed by atoms with E-state index >= 15 is 0 Å². The molecule has 1 N–H and O–H groups in total. The number of nitrogens with zero attached hydrogens (tertiary/aromatic N) is 1. The monoisotopic (exact) mass is 176 g/mol. The summed E-state index contributed by atoms with van der Waals surface area (Å²) in [6, 6.07) is 0. The first kappa shape index (κ1) is 8.67. The molecule has 0 aromatic carbocycles. The number of carbonyl (C=O) groups is 1. The molecule has 1 aliphatic rings. The molecule has 64 valence electrons. The summed E-state index contributed by atoms with van der Waals surface area (Å²) in [7, 11) is -2.18. The molecular formula is C6H12N2O2S. The first-order valence-corrected chi connectivity index (χ1v) is 5.41. The van der Waals surface area contributed by atoms with Gasteiger partial charge >= 0.3 is 0 Å². The van der Waals surface area contributed by atoms with Crippen molar-refractivity contribution in [1.82, 2.24) is 5.32 Å². The van der Waals surface area contributed by atoms with Crippen LogP contribution in [0.1, 0.15) is 6.92 Å². The Balaban J connectivity index is 2.80. The number of nitrogens with one attached hydrogen (secondary N) is 1. The van der Waals surface area contributed by atoms with Gasteiger partial charge in [-0.25, -0.2) is 4.21 Å². The average molecular weight is 176 g/mol. The van der Waals surface area contributed by atoms with E-state index in [-0.39, 0.29) is 5.91 Å². The Hall–Kier alpha value is -0.420. The van der Waals surface area contributed by atoms with E-state index in [0.29, 0.717) is 24.6 Å². The summed E-state index contributed by atoms with van der Waals surface area (Å²) in [5.41, 5.74) is 0. The summed E-state index contributed by atoms with van der Waals surface area (Å²) in [6.07, 6.45) is 0. The van der Waals surface area contributed by atoms with Crippen LogP contribution in [-0.4, -0.2) is 34.7 Å². The van der Waals surface area contributed by atoms with Gasteiger partial charge in [0.05, 0.1) is 9.73 Å². The molecule has 0 bridgehead atoms.